The Kier molecular flexibility index (Phi) is 7.66. The molecular weight excluding hydrogens is 202 g/mol. The molecule has 3 nitrogen and oxygen atoms in total. The molecule has 0 radical (unpaired) electrons. The van der Waals surface area contributed by atoms with Crippen molar-refractivity contribution in [2.24, 2.45) is 5.41 Å². The fourth-order valence-corrected chi connectivity index (χ4v) is 1.33. The SMILES string of the molecule is C#CCCCCC(=O)NCC(C)(C)CCO. The number of carbonyl (C=O) groups excluding carboxylic acids is 1. The second kappa shape index (κ2) is 8.18. The van der Waals surface area contributed by atoms with Crippen molar-refractivity contribution in [3.63, 3.8) is 0 Å². The number of hydrogen-bond donors (Lipinski definition) is 2. The van der Waals surface area contributed by atoms with Gasteiger partial charge in [-0.05, 0) is 24.7 Å². The largest absolute Gasteiger partial charge is 0.396 e. The van der Waals surface area contributed by atoms with E-state index in [1.54, 1.807) is 0 Å². The van der Waals surface area contributed by atoms with Gasteiger partial charge in [-0.2, -0.15) is 0 Å². The van der Waals surface area contributed by atoms with Gasteiger partial charge in [0.05, 0.1) is 0 Å². The quantitative estimate of drug-likeness (QED) is 0.488. The number of amides is 1. The predicted molar refractivity (Wildman–Crippen MR) is 65.8 cm³/mol. The van der Waals surface area contributed by atoms with Gasteiger partial charge in [0.2, 0.25) is 5.91 Å². The molecule has 2 N–H and O–H groups in total. The van der Waals surface area contributed by atoms with Crippen molar-refractivity contribution >= 4 is 5.91 Å². The molecule has 0 rings (SSSR count). The van der Waals surface area contributed by atoms with Crippen LogP contribution in [-0.4, -0.2) is 24.2 Å². The molecule has 0 aliphatic heterocycles. The number of aliphatic hydroxyl groups excluding tert-OH is 1. The molecule has 0 aliphatic rings. The minimum Gasteiger partial charge on any atom is -0.396 e. The Labute approximate surface area is 98.6 Å². The monoisotopic (exact) mass is 225 g/mol. The topological polar surface area (TPSA) is 49.3 Å². The normalized spacial score (nSPS) is 10.9. The highest BCUT2D eigenvalue weighted by Gasteiger charge is 2.17. The third-order valence-corrected chi connectivity index (χ3v) is 2.53. The van der Waals surface area contributed by atoms with Gasteiger partial charge in [-0.15, -0.1) is 12.3 Å². The Hall–Kier alpha value is -1.01. The Balaban J connectivity index is 3.61. The number of unbranched alkanes of at least 4 members (excludes halogenated alkanes) is 2. The molecule has 0 bridgehead atoms. The van der Waals surface area contributed by atoms with Crippen molar-refractivity contribution in [2.75, 3.05) is 13.2 Å². The van der Waals surface area contributed by atoms with Crippen LogP contribution in [0.25, 0.3) is 0 Å². The summed E-state index contributed by atoms with van der Waals surface area (Å²) >= 11 is 0. The first kappa shape index (κ1) is 15.0. The lowest BCUT2D eigenvalue weighted by Gasteiger charge is -2.23. The minimum atomic E-state index is -0.0385. The molecule has 3 heteroatoms. The Morgan fingerprint density at radius 3 is 2.69 bits per heavy atom. The summed E-state index contributed by atoms with van der Waals surface area (Å²) in [5.74, 6) is 2.63. The van der Waals surface area contributed by atoms with Gasteiger partial charge in [-0.3, -0.25) is 4.79 Å². The van der Waals surface area contributed by atoms with Crippen LogP contribution in [0.1, 0.15) is 46.0 Å². The first-order valence-corrected chi connectivity index (χ1v) is 5.83. The molecule has 0 aliphatic carbocycles. The summed E-state index contributed by atoms with van der Waals surface area (Å²) in [4.78, 5) is 11.4. The maximum absolute atomic E-state index is 11.4. The van der Waals surface area contributed by atoms with Crippen LogP contribution in [0.15, 0.2) is 0 Å². The van der Waals surface area contributed by atoms with Crippen LogP contribution in [-0.2, 0) is 4.79 Å². The highest BCUT2D eigenvalue weighted by Crippen LogP contribution is 2.17. The van der Waals surface area contributed by atoms with Crippen LogP contribution in [0.2, 0.25) is 0 Å². The first-order valence-electron chi connectivity index (χ1n) is 5.83. The third-order valence-electron chi connectivity index (χ3n) is 2.53. The fourth-order valence-electron chi connectivity index (χ4n) is 1.33. The summed E-state index contributed by atoms with van der Waals surface area (Å²) in [6, 6.07) is 0. The van der Waals surface area contributed by atoms with Gasteiger partial charge in [0.1, 0.15) is 0 Å². The minimum absolute atomic E-state index is 0.0385. The van der Waals surface area contributed by atoms with Crippen LogP contribution in [0.4, 0.5) is 0 Å². The zero-order chi connectivity index (χ0) is 12.4. The molecule has 0 atom stereocenters. The number of aliphatic hydroxyl groups is 1. The summed E-state index contributed by atoms with van der Waals surface area (Å²) in [7, 11) is 0. The van der Waals surface area contributed by atoms with Crippen molar-refractivity contribution in [2.45, 2.75) is 46.0 Å². The third kappa shape index (κ3) is 8.31. The average molecular weight is 225 g/mol. The predicted octanol–water partition coefficient (Wildman–Crippen LogP) is 1.70. The van der Waals surface area contributed by atoms with Crippen molar-refractivity contribution in [1.29, 1.82) is 0 Å². The Bertz CT molecular complexity index is 241. The van der Waals surface area contributed by atoms with Crippen LogP contribution < -0.4 is 5.32 Å². The van der Waals surface area contributed by atoms with Crippen molar-refractivity contribution in [3.8, 4) is 12.3 Å². The lowest BCUT2D eigenvalue weighted by atomic mass is 9.90. The summed E-state index contributed by atoms with van der Waals surface area (Å²) in [6.45, 7) is 4.83. The molecule has 1 amide bonds. The van der Waals surface area contributed by atoms with Gasteiger partial charge in [-0.25, -0.2) is 0 Å². The smallest absolute Gasteiger partial charge is 0.220 e. The summed E-state index contributed by atoms with van der Waals surface area (Å²) < 4.78 is 0. The van der Waals surface area contributed by atoms with Crippen LogP contribution in [0.3, 0.4) is 0 Å². The van der Waals surface area contributed by atoms with Crippen molar-refractivity contribution < 1.29 is 9.90 Å². The van der Waals surface area contributed by atoms with Crippen LogP contribution in [0, 0.1) is 17.8 Å². The van der Waals surface area contributed by atoms with E-state index in [1.807, 2.05) is 13.8 Å². The highest BCUT2D eigenvalue weighted by atomic mass is 16.3. The van der Waals surface area contributed by atoms with E-state index in [4.69, 9.17) is 11.5 Å². The molecule has 0 unspecified atom stereocenters. The first-order chi connectivity index (χ1) is 7.52. The van der Waals surface area contributed by atoms with E-state index in [2.05, 4.69) is 11.2 Å². The highest BCUT2D eigenvalue weighted by molar-refractivity contribution is 5.75. The van der Waals surface area contributed by atoms with Gasteiger partial charge in [0.25, 0.3) is 0 Å². The molecule has 0 aromatic heterocycles. The van der Waals surface area contributed by atoms with E-state index in [0.29, 0.717) is 19.4 Å². The number of carbonyl (C=O) groups is 1. The maximum Gasteiger partial charge on any atom is 0.220 e. The van der Waals surface area contributed by atoms with E-state index < -0.39 is 0 Å². The zero-order valence-corrected chi connectivity index (χ0v) is 10.4. The molecule has 0 aromatic rings. The number of terminal acetylenes is 1. The summed E-state index contributed by atoms with van der Waals surface area (Å²) in [5, 5.41) is 11.7. The van der Waals surface area contributed by atoms with Crippen LogP contribution >= 0.6 is 0 Å². The van der Waals surface area contributed by atoms with Crippen LogP contribution in [0.5, 0.6) is 0 Å². The van der Waals surface area contributed by atoms with E-state index in [1.165, 1.54) is 0 Å². The Morgan fingerprint density at radius 1 is 1.44 bits per heavy atom. The van der Waals surface area contributed by atoms with E-state index in [0.717, 1.165) is 19.3 Å². The fraction of sp³-hybridized carbons (Fsp3) is 0.769. The standard InChI is InChI=1S/C13H23NO2/c1-4-5-6-7-8-12(16)14-11-13(2,3)9-10-15/h1,15H,5-11H2,2-3H3,(H,14,16). The lowest BCUT2D eigenvalue weighted by Crippen LogP contribution is -2.34. The van der Waals surface area contributed by atoms with Gasteiger partial charge in [0, 0.05) is 26.0 Å². The number of nitrogens with one attached hydrogen (secondary N) is 1. The lowest BCUT2D eigenvalue weighted by molar-refractivity contribution is -0.121. The molecule has 0 saturated carbocycles. The van der Waals surface area contributed by atoms with Gasteiger partial charge in [-0.1, -0.05) is 13.8 Å². The molecule has 0 spiro atoms. The average Bonchev–Trinajstić information content (AvgIpc) is 2.22. The number of rotatable bonds is 8. The van der Waals surface area contributed by atoms with E-state index in [-0.39, 0.29) is 17.9 Å². The van der Waals surface area contributed by atoms with Gasteiger partial charge < -0.3 is 10.4 Å². The van der Waals surface area contributed by atoms with Crippen molar-refractivity contribution in [1.82, 2.24) is 5.32 Å². The van der Waals surface area contributed by atoms with Gasteiger partial charge in [0.15, 0.2) is 0 Å². The Morgan fingerprint density at radius 2 is 2.12 bits per heavy atom. The second-order valence-electron chi connectivity index (χ2n) is 4.83. The number of hydrogen-bond acceptors (Lipinski definition) is 2. The zero-order valence-electron chi connectivity index (χ0n) is 10.4. The molecule has 0 fully saturated rings. The second-order valence-corrected chi connectivity index (χ2v) is 4.83. The van der Waals surface area contributed by atoms with Gasteiger partial charge >= 0.3 is 0 Å². The molecular formula is C13H23NO2. The van der Waals surface area contributed by atoms with E-state index in [9.17, 15) is 4.79 Å². The summed E-state index contributed by atoms with van der Waals surface area (Å²) in [6.07, 6.45) is 8.85. The summed E-state index contributed by atoms with van der Waals surface area (Å²) in [5.41, 5.74) is -0.0385. The van der Waals surface area contributed by atoms with Crippen molar-refractivity contribution in [3.05, 3.63) is 0 Å². The molecule has 0 heterocycles. The molecule has 16 heavy (non-hydrogen) atoms. The molecule has 0 saturated heterocycles. The molecule has 0 aromatic carbocycles. The maximum atomic E-state index is 11.4. The molecule has 92 valence electrons. The van der Waals surface area contributed by atoms with E-state index >= 15 is 0 Å².